The number of likely N-dealkylation sites (tertiary alicyclic amines) is 1. The van der Waals surface area contributed by atoms with Gasteiger partial charge in [0, 0.05) is 18.8 Å². The Bertz CT molecular complexity index is 1660. The molecule has 2 aliphatic carbocycles. The largest absolute Gasteiger partial charge is 0.417 e. The molecule has 1 aromatic carbocycles. The van der Waals surface area contributed by atoms with Crippen molar-refractivity contribution in [2.24, 2.45) is 0 Å². The van der Waals surface area contributed by atoms with Crippen LogP contribution in [0.25, 0.3) is 0 Å². The molecule has 1 unspecified atom stereocenters. The predicted octanol–water partition coefficient (Wildman–Crippen LogP) is 3.11. The molecule has 0 bridgehead atoms. The lowest BCUT2D eigenvalue weighted by molar-refractivity contribution is -0.143. The molecule has 2 heterocycles. The molecular weight excluding hydrogens is 644 g/mol. The maximum atomic E-state index is 14.9. The van der Waals surface area contributed by atoms with E-state index >= 15 is 0 Å². The Morgan fingerprint density at radius 3 is 2.40 bits per heavy atom. The van der Waals surface area contributed by atoms with Crippen molar-refractivity contribution in [2.75, 3.05) is 6.54 Å². The average Bonchev–Trinajstić information content (AvgIpc) is 3.92. The number of sulfone groups is 1. The van der Waals surface area contributed by atoms with Crippen molar-refractivity contribution in [1.82, 2.24) is 20.5 Å². The number of ketones is 1. The summed E-state index contributed by atoms with van der Waals surface area (Å²) in [5.41, 5.74) is -3.22. The fourth-order valence-corrected chi connectivity index (χ4v) is 7.66. The molecule has 3 fully saturated rings. The van der Waals surface area contributed by atoms with Gasteiger partial charge in [0.1, 0.15) is 11.9 Å². The van der Waals surface area contributed by atoms with Crippen molar-refractivity contribution in [2.45, 2.75) is 85.3 Å². The van der Waals surface area contributed by atoms with Gasteiger partial charge in [-0.1, -0.05) is 30.7 Å². The Hall–Kier alpha value is -3.59. The zero-order valence-corrected chi connectivity index (χ0v) is 25.4. The van der Waals surface area contributed by atoms with Gasteiger partial charge in [0.25, 0.3) is 5.91 Å². The molecule has 1 aliphatic heterocycles. The fraction of sp³-hybridized carbons (Fsp3) is 0.483. The van der Waals surface area contributed by atoms with Crippen molar-refractivity contribution in [3.63, 3.8) is 0 Å². The third-order valence-corrected chi connectivity index (χ3v) is 10.8. The number of aromatic nitrogens is 1. The van der Waals surface area contributed by atoms with E-state index in [0.717, 1.165) is 35.4 Å². The highest BCUT2D eigenvalue weighted by Crippen LogP contribution is 2.51. The number of hydrogen-bond donors (Lipinski definition) is 2. The maximum Gasteiger partial charge on any atom is 0.417 e. The number of nitrogens with one attached hydrogen (secondary N) is 2. The van der Waals surface area contributed by atoms with Gasteiger partial charge in [-0.3, -0.25) is 24.2 Å². The number of carbonyl (C=O) groups excluding carboxylic acids is 4. The van der Waals surface area contributed by atoms with Crippen LogP contribution in [0.15, 0.2) is 41.4 Å². The first-order valence-corrected chi connectivity index (χ1v) is 16.2. The van der Waals surface area contributed by atoms with Gasteiger partial charge >= 0.3 is 6.18 Å². The molecule has 3 atom stereocenters. The molecule has 16 heteroatoms. The number of amides is 3. The standard InChI is InChI=1S/C29H29ClF4N4O6S/c1-2-20(23(39)26(41)36-16-7-8-16)37-25(40)21-12-17(45(43,44)22-6-4-3-5-18(22)29(32,33)34)14-38(21)27(42)28(9-10-28)24-19(31)11-15(30)13-35-24/h3-6,11,13,16-17,20-21H,2,7-10,12,14H2,1H3,(H,36,41)(H,37,40)/t17-,20?,21+/m1/s1. The Balaban J connectivity index is 1.48. The van der Waals surface area contributed by atoms with Crippen molar-refractivity contribution >= 4 is 44.9 Å². The molecule has 2 aromatic rings. The SMILES string of the molecule is CCC(NC(=O)[C@@H]1C[C@@H](S(=O)(=O)c2ccccc2C(F)(F)F)CN1C(=O)C1(c2ncc(Cl)cc2F)CC1)C(=O)C(=O)NC1CC1. The van der Waals surface area contributed by atoms with Gasteiger partial charge in [0.05, 0.1) is 37.9 Å². The zero-order chi connectivity index (χ0) is 32.9. The quantitative estimate of drug-likeness (QED) is 0.292. The van der Waals surface area contributed by atoms with Gasteiger partial charge in [-0.15, -0.1) is 0 Å². The predicted molar refractivity (Wildman–Crippen MR) is 151 cm³/mol. The van der Waals surface area contributed by atoms with Crippen molar-refractivity contribution in [1.29, 1.82) is 0 Å². The maximum absolute atomic E-state index is 14.9. The van der Waals surface area contributed by atoms with Crippen LogP contribution in [0.3, 0.4) is 0 Å². The minimum atomic E-state index is -5.01. The van der Waals surface area contributed by atoms with E-state index in [0.29, 0.717) is 18.9 Å². The van der Waals surface area contributed by atoms with E-state index in [2.05, 4.69) is 15.6 Å². The lowest BCUT2D eigenvalue weighted by Crippen LogP contribution is -2.54. The number of nitrogens with zero attached hydrogens (tertiary/aromatic N) is 2. The van der Waals surface area contributed by atoms with E-state index in [1.807, 2.05) is 0 Å². The summed E-state index contributed by atoms with van der Waals surface area (Å²) in [5.74, 6) is -4.57. The molecule has 45 heavy (non-hydrogen) atoms. The number of rotatable bonds is 10. The summed E-state index contributed by atoms with van der Waals surface area (Å²) in [5, 5.41) is 3.26. The van der Waals surface area contributed by atoms with Crippen molar-refractivity contribution < 1.29 is 45.2 Å². The smallest absolute Gasteiger partial charge is 0.347 e. The number of carbonyl (C=O) groups is 4. The summed E-state index contributed by atoms with van der Waals surface area (Å²) in [6.07, 6.45) is -2.89. The van der Waals surface area contributed by atoms with E-state index in [-0.39, 0.29) is 36.0 Å². The lowest BCUT2D eigenvalue weighted by atomic mass is 9.98. The van der Waals surface area contributed by atoms with E-state index in [9.17, 15) is 45.2 Å². The first-order valence-electron chi connectivity index (χ1n) is 14.3. The highest BCUT2D eigenvalue weighted by atomic mass is 35.5. The number of Topliss-reactive ketones (excluding diaryl/α,β-unsaturated/α-hetero) is 1. The third-order valence-electron chi connectivity index (χ3n) is 8.36. The Kier molecular flexibility index (Phi) is 8.72. The monoisotopic (exact) mass is 672 g/mol. The minimum Gasteiger partial charge on any atom is -0.347 e. The average molecular weight is 673 g/mol. The van der Waals surface area contributed by atoms with E-state index in [1.165, 1.54) is 6.92 Å². The molecule has 10 nitrogen and oxygen atoms in total. The molecule has 1 saturated heterocycles. The second-order valence-corrected chi connectivity index (χ2v) is 14.2. The highest BCUT2D eigenvalue weighted by Gasteiger charge is 2.59. The van der Waals surface area contributed by atoms with E-state index in [1.54, 1.807) is 0 Å². The first kappa shape index (κ1) is 32.8. The second kappa shape index (κ2) is 12.0. The van der Waals surface area contributed by atoms with Gasteiger partial charge in [0.2, 0.25) is 17.6 Å². The molecule has 242 valence electrons. The van der Waals surface area contributed by atoms with Crippen molar-refractivity contribution in [3.05, 3.63) is 58.6 Å². The summed E-state index contributed by atoms with van der Waals surface area (Å²) in [6, 6.07) is 1.51. The molecule has 1 aromatic heterocycles. The van der Waals surface area contributed by atoms with Gasteiger partial charge in [-0.25, -0.2) is 12.8 Å². The number of halogens is 5. The lowest BCUT2D eigenvalue weighted by Gasteiger charge is -2.29. The van der Waals surface area contributed by atoms with E-state index in [4.69, 9.17) is 11.6 Å². The third kappa shape index (κ3) is 6.41. The van der Waals surface area contributed by atoms with Crippen LogP contribution in [0.5, 0.6) is 0 Å². The number of pyridine rings is 1. The fourth-order valence-electron chi connectivity index (χ4n) is 5.61. The van der Waals surface area contributed by atoms with E-state index < -0.39 is 91.5 Å². The van der Waals surface area contributed by atoms with Crippen LogP contribution < -0.4 is 10.6 Å². The van der Waals surface area contributed by atoms with Crippen LogP contribution in [-0.2, 0) is 40.6 Å². The van der Waals surface area contributed by atoms with Gasteiger partial charge in [-0.05, 0) is 56.7 Å². The summed E-state index contributed by atoms with van der Waals surface area (Å²) in [6.45, 7) is 0.843. The van der Waals surface area contributed by atoms with Crippen LogP contribution in [0.2, 0.25) is 5.02 Å². The van der Waals surface area contributed by atoms with Crippen LogP contribution in [0.1, 0.15) is 56.7 Å². The van der Waals surface area contributed by atoms with Gasteiger partial charge in [-0.2, -0.15) is 13.2 Å². The normalized spacial score (nSPS) is 21.6. The Morgan fingerprint density at radius 2 is 1.82 bits per heavy atom. The second-order valence-electron chi connectivity index (χ2n) is 11.5. The molecule has 0 radical (unpaired) electrons. The van der Waals surface area contributed by atoms with Gasteiger partial charge in [0.15, 0.2) is 9.84 Å². The van der Waals surface area contributed by atoms with Crippen LogP contribution >= 0.6 is 11.6 Å². The van der Waals surface area contributed by atoms with Gasteiger partial charge < -0.3 is 15.5 Å². The number of hydrogen-bond acceptors (Lipinski definition) is 7. The topological polar surface area (TPSA) is 143 Å². The molecule has 0 spiro atoms. The van der Waals surface area contributed by atoms with Crippen LogP contribution in [-0.4, -0.2) is 71.7 Å². The van der Waals surface area contributed by atoms with Crippen LogP contribution in [0, 0.1) is 5.82 Å². The summed E-state index contributed by atoms with van der Waals surface area (Å²) in [7, 11) is -4.79. The highest BCUT2D eigenvalue weighted by molar-refractivity contribution is 7.92. The summed E-state index contributed by atoms with van der Waals surface area (Å²) >= 11 is 5.82. The van der Waals surface area contributed by atoms with Crippen molar-refractivity contribution in [3.8, 4) is 0 Å². The summed E-state index contributed by atoms with van der Waals surface area (Å²) in [4.78, 5) is 56.7. The molecule has 2 saturated carbocycles. The molecule has 3 amide bonds. The molecular formula is C29H29ClF4N4O6S. The molecule has 5 rings (SSSR count). The molecule has 3 aliphatic rings. The Morgan fingerprint density at radius 1 is 1.16 bits per heavy atom. The molecule has 2 N–H and O–H groups in total. The summed E-state index contributed by atoms with van der Waals surface area (Å²) < 4.78 is 83.7. The minimum absolute atomic E-state index is 0.0200. The Labute approximate surface area is 260 Å². The number of alkyl halides is 3. The zero-order valence-electron chi connectivity index (χ0n) is 23.9. The van der Waals surface area contributed by atoms with Crippen LogP contribution in [0.4, 0.5) is 17.6 Å². The number of benzene rings is 1. The first-order chi connectivity index (χ1) is 21.1.